The van der Waals surface area contributed by atoms with Gasteiger partial charge in [-0.1, -0.05) is 24.3 Å². The second kappa shape index (κ2) is 7.40. The first kappa shape index (κ1) is 20.9. The number of carbonyl (C=O) groups excluding carboxylic acids is 3. The van der Waals surface area contributed by atoms with E-state index in [1.807, 2.05) is 0 Å². The SMILES string of the molecule is Cc1cccc(C(=O)NC[C@@]2(C3CC3)NC(=O)NC2=O)c1-c1ccc(C(F)(F)F)cc1. The van der Waals surface area contributed by atoms with Gasteiger partial charge in [0, 0.05) is 5.56 Å². The van der Waals surface area contributed by atoms with Crippen molar-refractivity contribution in [2.75, 3.05) is 6.54 Å². The largest absolute Gasteiger partial charge is 0.416 e. The van der Waals surface area contributed by atoms with Crippen LogP contribution < -0.4 is 16.0 Å². The van der Waals surface area contributed by atoms with E-state index in [-0.39, 0.29) is 18.0 Å². The van der Waals surface area contributed by atoms with Gasteiger partial charge in [-0.15, -0.1) is 0 Å². The molecule has 4 amide bonds. The Morgan fingerprint density at radius 3 is 2.35 bits per heavy atom. The summed E-state index contributed by atoms with van der Waals surface area (Å²) in [7, 11) is 0. The van der Waals surface area contributed by atoms with Gasteiger partial charge in [-0.05, 0) is 60.6 Å². The number of amides is 4. The summed E-state index contributed by atoms with van der Waals surface area (Å²) in [5, 5.41) is 7.60. The predicted molar refractivity (Wildman–Crippen MR) is 106 cm³/mol. The Hall–Kier alpha value is -3.36. The summed E-state index contributed by atoms with van der Waals surface area (Å²) in [5.41, 5.74) is 0.0245. The number of imide groups is 1. The van der Waals surface area contributed by atoms with Crippen LogP contribution in [0.15, 0.2) is 42.5 Å². The summed E-state index contributed by atoms with van der Waals surface area (Å²) >= 11 is 0. The first-order valence-corrected chi connectivity index (χ1v) is 9.81. The zero-order valence-corrected chi connectivity index (χ0v) is 16.6. The summed E-state index contributed by atoms with van der Waals surface area (Å²) in [6, 6.07) is 9.04. The molecule has 0 bridgehead atoms. The average Bonchev–Trinajstić information content (AvgIpc) is 3.51. The minimum absolute atomic E-state index is 0.0499. The highest BCUT2D eigenvalue weighted by molar-refractivity contribution is 6.08. The first-order valence-electron chi connectivity index (χ1n) is 9.81. The average molecular weight is 431 g/mol. The van der Waals surface area contributed by atoms with Crippen LogP contribution in [0, 0.1) is 12.8 Å². The maximum absolute atomic E-state index is 13.0. The fraction of sp³-hybridized carbons (Fsp3) is 0.318. The van der Waals surface area contributed by atoms with Gasteiger partial charge in [0.25, 0.3) is 11.8 Å². The molecule has 0 radical (unpaired) electrons. The number of aryl methyl sites for hydroxylation is 1. The third-order valence-electron chi connectivity index (χ3n) is 5.79. The third-order valence-corrected chi connectivity index (χ3v) is 5.79. The van der Waals surface area contributed by atoms with Crippen LogP contribution in [0.3, 0.4) is 0 Å². The Kier molecular flexibility index (Phi) is 4.99. The number of urea groups is 1. The van der Waals surface area contributed by atoms with Crippen molar-refractivity contribution in [3.63, 3.8) is 0 Å². The lowest BCUT2D eigenvalue weighted by atomic mass is 9.92. The Bertz CT molecular complexity index is 1060. The van der Waals surface area contributed by atoms with Crippen molar-refractivity contribution in [3.05, 3.63) is 59.2 Å². The molecule has 2 fully saturated rings. The summed E-state index contributed by atoms with van der Waals surface area (Å²) in [5.74, 6) is -0.994. The minimum Gasteiger partial charge on any atom is -0.349 e. The van der Waals surface area contributed by atoms with Crippen molar-refractivity contribution in [3.8, 4) is 11.1 Å². The van der Waals surface area contributed by atoms with Crippen molar-refractivity contribution in [1.29, 1.82) is 0 Å². The quantitative estimate of drug-likeness (QED) is 0.635. The smallest absolute Gasteiger partial charge is 0.349 e. The second-order valence-corrected chi connectivity index (χ2v) is 7.91. The fourth-order valence-electron chi connectivity index (χ4n) is 4.02. The second-order valence-electron chi connectivity index (χ2n) is 7.91. The molecular formula is C22H20F3N3O3. The molecule has 2 aromatic rings. The maximum atomic E-state index is 13.0. The van der Waals surface area contributed by atoms with Crippen LogP contribution in [0.4, 0.5) is 18.0 Å². The van der Waals surface area contributed by atoms with Gasteiger partial charge in [0.1, 0.15) is 5.54 Å². The lowest BCUT2D eigenvalue weighted by molar-refractivity contribution is -0.137. The van der Waals surface area contributed by atoms with Crippen molar-refractivity contribution in [1.82, 2.24) is 16.0 Å². The normalized spacial score (nSPS) is 20.9. The van der Waals surface area contributed by atoms with Crippen LogP contribution in [0.5, 0.6) is 0 Å². The summed E-state index contributed by atoms with van der Waals surface area (Å²) in [4.78, 5) is 37.0. The molecule has 9 heteroatoms. The molecule has 1 saturated carbocycles. The number of rotatable bonds is 5. The standard InChI is InChI=1S/C22H20F3N3O3/c1-12-3-2-4-16(17(12)13-5-7-15(8-6-13)22(23,24)25)18(29)26-11-21(14-9-10-14)19(30)27-20(31)28-21/h2-8,14H,9-11H2,1H3,(H,26,29)(H2,27,28,30,31)/t21-/m0/s1. The highest BCUT2D eigenvalue weighted by atomic mass is 19.4. The Labute approximate surface area is 176 Å². The van der Waals surface area contributed by atoms with Crippen LogP contribution in [0.2, 0.25) is 0 Å². The molecular weight excluding hydrogens is 411 g/mol. The van der Waals surface area contributed by atoms with E-state index in [1.165, 1.54) is 12.1 Å². The molecule has 1 atom stereocenters. The van der Waals surface area contributed by atoms with Crippen molar-refractivity contribution in [2.24, 2.45) is 5.92 Å². The molecule has 2 aliphatic rings. The molecule has 3 N–H and O–H groups in total. The molecule has 0 spiro atoms. The van der Waals surface area contributed by atoms with Crippen LogP contribution in [-0.4, -0.2) is 29.9 Å². The third kappa shape index (κ3) is 3.87. The Morgan fingerprint density at radius 2 is 1.81 bits per heavy atom. The van der Waals surface area contributed by atoms with Gasteiger partial charge in [-0.25, -0.2) is 4.79 Å². The number of hydrogen-bond acceptors (Lipinski definition) is 3. The predicted octanol–water partition coefficient (Wildman–Crippen LogP) is 3.40. The van der Waals surface area contributed by atoms with E-state index in [1.54, 1.807) is 25.1 Å². The van der Waals surface area contributed by atoms with Gasteiger partial charge in [0.05, 0.1) is 12.1 Å². The van der Waals surface area contributed by atoms with E-state index >= 15 is 0 Å². The molecule has 1 aliphatic carbocycles. The van der Waals surface area contributed by atoms with E-state index in [0.29, 0.717) is 11.1 Å². The van der Waals surface area contributed by atoms with Crippen LogP contribution in [-0.2, 0) is 11.0 Å². The van der Waals surface area contributed by atoms with Gasteiger partial charge >= 0.3 is 12.2 Å². The van der Waals surface area contributed by atoms with E-state index in [0.717, 1.165) is 30.5 Å². The molecule has 0 unspecified atom stereocenters. The van der Waals surface area contributed by atoms with Crippen molar-refractivity contribution < 1.29 is 27.6 Å². The zero-order valence-electron chi connectivity index (χ0n) is 16.6. The van der Waals surface area contributed by atoms with E-state index in [2.05, 4.69) is 16.0 Å². The first-order chi connectivity index (χ1) is 14.6. The van der Waals surface area contributed by atoms with Gasteiger partial charge < -0.3 is 10.6 Å². The highest BCUT2D eigenvalue weighted by Crippen LogP contribution is 2.41. The molecule has 31 heavy (non-hydrogen) atoms. The molecule has 6 nitrogen and oxygen atoms in total. The number of hydrogen-bond donors (Lipinski definition) is 3. The lowest BCUT2D eigenvalue weighted by Crippen LogP contribution is -2.57. The van der Waals surface area contributed by atoms with E-state index in [9.17, 15) is 27.6 Å². The number of benzene rings is 2. The number of nitrogens with one attached hydrogen (secondary N) is 3. The Balaban J connectivity index is 1.60. The van der Waals surface area contributed by atoms with Crippen LogP contribution in [0.1, 0.15) is 34.3 Å². The zero-order chi connectivity index (χ0) is 22.4. The van der Waals surface area contributed by atoms with E-state index < -0.39 is 35.1 Å². The van der Waals surface area contributed by atoms with Crippen LogP contribution in [0.25, 0.3) is 11.1 Å². The molecule has 2 aromatic carbocycles. The highest BCUT2D eigenvalue weighted by Gasteiger charge is 2.56. The fourth-order valence-corrected chi connectivity index (χ4v) is 4.02. The monoisotopic (exact) mass is 431 g/mol. The lowest BCUT2D eigenvalue weighted by Gasteiger charge is -2.26. The molecule has 1 saturated heterocycles. The molecule has 0 aromatic heterocycles. The van der Waals surface area contributed by atoms with E-state index in [4.69, 9.17) is 0 Å². The van der Waals surface area contributed by atoms with Crippen LogP contribution >= 0.6 is 0 Å². The summed E-state index contributed by atoms with van der Waals surface area (Å²) in [6.45, 7) is 1.69. The van der Waals surface area contributed by atoms with Crippen molar-refractivity contribution >= 4 is 17.8 Å². The van der Waals surface area contributed by atoms with Gasteiger partial charge in [-0.3, -0.25) is 14.9 Å². The molecule has 162 valence electrons. The summed E-state index contributed by atoms with van der Waals surface area (Å²) < 4.78 is 38.7. The number of carbonyl (C=O) groups is 3. The van der Waals surface area contributed by atoms with Gasteiger partial charge in [0.2, 0.25) is 0 Å². The molecule has 4 rings (SSSR count). The maximum Gasteiger partial charge on any atom is 0.416 e. The summed E-state index contributed by atoms with van der Waals surface area (Å²) in [6.07, 6.45) is -2.91. The molecule has 1 heterocycles. The van der Waals surface area contributed by atoms with Crippen molar-refractivity contribution in [2.45, 2.75) is 31.5 Å². The number of halogens is 3. The van der Waals surface area contributed by atoms with Gasteiger partial charge in [-0.2, -0.15) is 13.2 Å². The minimum atomic E-state index is -4.45. The number of alkyl halides is 3. The topological polar surface area (TPSA) is 87.3 Å². The molecule has 1 aliphatic heterocycles. The Morgan fingerprint density at radius 1 is 1.13 bits per heavy atom. The van der Waals surface area contributed by atoms with Gasteiger partial charge in [0.15, 0.2) is 0 Å².